The molecule has 4 nitrogen and oxygen atoms in total. The molecule has 1 aliphatic rings. The molecule has 0 aliphatic carbocycles. The van der Waals surface area contributed by atoms with Gasteiger partial charge in [-0.1, -0.05) is 66.2 Å². The van der Waals surface area contributed by atoms with E-state index in [4.69, 9.17) is 0 Å². The second-order valence-electron chi connectivity index (χ2n) is 7.80. The minimum Gasteiger partial charge on any atom is -0.352 e. The molecule has 2 amide bonds. The normalized spacial score (nSPS) is 14.7. The summed E-state index contributed by atoms with van der Waals surface area (Å²) in [4.78, 5) is 27.5. The first kappa shape index (κ1) is 19.2. The summed E-state index contributed by atoms with van der Waals surface area (Å²) in [6, 6.07) is 22.0. The highest BCUT2D eigenvalue weighted by atomic mass is 16.2. The molecule has 148 valence electrons. The van der Waals surface area contributed by atoms with Crippen LogP contribution < -0.4 is 5.32 Å². The van der Waals surface area contributed by atoms with Gasteiger partial charge in [-0.15, -0.1) is 0 Å². The molecule has 3 aromatic carbocycles. The van der Waals surface area contributed by atoms with Crippen LogP contribution in [0.3, 0.4) is 0 Å². The van der Waals surface area contributed by atoms with Gasteiger partial charge in [0.15, 0.2) is 0 Å². The summed E-state index contributed by atoms with van der Waals surface area (Å²) in [6.45, 7) is 3.83. The van der Waals surface area contributed by atoms with Crippen molar-refractivity contribution in [1.82, 2.24) is 10.2 Å². The third kappa shape index (κ3) is 4.32. The maximum atomic E-state index is 13.1. The van der Waals surface area contributed by atoms with Crippen LogP contribution in [0.25, 0.3) is 10.8 Å². The van der Waals surface area contributed by atoms with Crippen molar-refractivity contribution in [2.45, 2.75) is 26.3 Å². The number of amides is 2. The van der Waals surface area contributed by atoms with Crippen molar-refractivity contribution >= 4 is 22.6 Å². The average molecular weight is 386 g/mol. The van der Waals surface area contributed by atoms with E-state index in [1.165, 1.54) is 5.56 Å². The molecule has 0 radical (unpaired) electrons. The third-order valence-corrected chi connectivity index (χ3v) is 5.72. The summed E-state index contributed by atoms with van der Waals surface area (Å²) in [7, 11) is 0. The van der Waals surface area contributed by atoms with Crippen LogP contribution in [0, 0.1) is 12.8 Å². The van der Waals surface area contributed by atoms with E-state index in [0.29, 0.717) is 32.5 Å². The molecule has 0 spiro atoms. The maximum absolute atomic E-state index is 13.1. The lowest BCUT2D eigenvalue weighted by atomic mass is 9.94. The lowest BCUT2D eigenvalue weighted by Gasteiger charge is -2.31. The van der Waals surface area contributed by atoms with E-state index in [1.807, 2.05) is 72.5 Å². The topological polar surface area (TPSA) is 49.4 Å². The van der Waals surface area contributed by atoms with Crippen LogP contribution >= 0.6 is 0 Å². The fraction of sp³-hybridized carbons (Fsp3) is 0.280. The molecule has 0 unspecified atom stereocenters. The predicted octanol–water partition coefficient (Wildman–Crippen LogP) is 4.32. The van der Waals surface area contributed by atoms with Crippen molar-refractivity contribution in [2.24, 2.45) is 5.92 Å². The molecule has 1 fully saturated rings. The van der Waals surface area contributed by atoms with Gasteiger partial charge < -0.3 is 10.2 Å². The molecule has 1 heterocycles. The molecule has 29 heavy (non-hydrogen) atoms. The lowest BCUT2D eigenvalue weighted by Crippen LogP contribution is -2.43. The Morgan fingerprint density at radius 2 is 1.69 bits per heavy atom. The summed E-state index contributed by atoms with van der Waals surface area (Å²) in [5.74, 6) is 0.112. The number of fused-ring (bicyclic) bond motifs is 1. The maximum Gasteiger partial charge on any atom is 0.254 e. The molecule has 4 rings (SSSR count). The highest BCUT2D eigenvalue weighted by Crippen LogP contribution is 2.23. The van der Waals surface area contributed by atoms with E-state index in [0.717, 1.165) is 21.9 Å². The summed E-state index contributed by atoms with van der Waals surface area (Å²) < 4.78 is 0. The van der Waals surface area contributed by atoms with Gasteiger partial charge in [0.1, 0.15) is 0 Å². The zero-order valence-corrected chi connectivity index (χ0v) is 16.7. The number of carbonyl (C=O) groups is 2. The van der Waals surface area contributed by atoms with Crippen LogP contribution in [0.1, 0.15) is 34.3 Å². The van der Waals surface area contributed by atoms with Crippen molar-refractivity contribution in [2.75, 3.05) is 13.1 Å². The molecule has 1 N–H and O–H groups in total. The number of piperidine rings is 1. The fourth-order valence-corrected chi connectivity index (χ4v) is 4.08. The molecule has 1 aliphatic heterocycles. The van der Waals surface area contributed by atoms with E-state index in [-0.39, 0.29) is 17.7 Å². The highest BCUT2D eigenvalue weighted by molar-refractivity contribution is 6.07. The minimum atomic E-state index is -0.0311. The Kier molecular flexibility index (Phi) is 5.61. The average Bonchev–Trinajstić information content (AvgIpc) is 2.77. The number of likely N-dealkylation sites (tertiary alicyclic amines) is 1. The van der Waals surface area contributed by atoms with Crippen LogP contribution in [-0.2, 0) is 11.3 Å². The van der Waals surface area contributed by atoms with Gasteiger partial charge in [-0.05, 0) is 42.2 Å². The first-order valence-electron chi connectivity index (χ1n) is 10.2. The first-order valence-corrected chi connectivity index (χ1v) is 10.2. The second kappa shape index (κ2) is 8.48. The molecule has 1 saturated heterocycles. The zero-order chi connectivity index (χ0) is 20.2. The highest BCUT2D eigenvalue weighted by Gasteiger charge is 2.28. The van der Waals surface area contributed by atoms with Crippen molar-refractivity contribution in [3.8, 4) is 0 Å². The van der Waals surface area contributed by atoms with Gasteiger partial charge >= 0.3 is 0 Å². The number of hydrogen-bond acceptors (Lipinski definition) is 2. The van der Waals surface area contributed by atoms with E-state index in [2.05, 4.69) is 11.4 Å². The Morgan fingerprint density at radius 3 is 2.48 bits per heavy atom. The van der Waals surface area contributed by atoms with Crippen LogP contribution in [0.5, 0.6) is 0 Å². The van der Waals surface area contributed by atoms with Crippen LogP contribution in [0.2, 0.25) is 0 Å². The lowest BCUT2D eigenvalue weighted by molar-refractivity contribution is -0.126. The first-order chi connectivity index (χ1) is 14.1. The van der Waals surface area contributed by atoms with Gasteiger partial charge in [-0.3, -0.25) is 9.59 Å². The van der Waals surface area contributed by atoms with E-state index >= 15 is 0 Å². The molecular formula is C25H26N2O2. The zero-order valence-electron chi connectivity index (χ0n) is 16.7. The molecule has 4 heteroatoms. The van der Waals surface area contributed by atoms with Gasteiger partial charge in [0.2, 0.25) is 5.91 Å². The molecule has 0 saturated carbocycles. The second-order valence-corrected chi connectivity index (χ2v) is 7.80. The van der Waals surface area contributed by atoms with Crippen LogP contribution in [-0.4, -0.2) is 29.8 Å². The van der Waals surface area contributed by atoms with Gasteiger partial charge in [0.05, 0.1) is 0 Å². The number of benzene rings is 3. The Balaban J connectivity index is 1.35. The van der Waals surface area contributed by atoms with Crippen molar-refractivity contribution < 1.29 is 9.59 Å². The predicted molar refractivity (Wildman–Crippen MR) is 116 cm³/mol. The summed E-state index contributed by atoms with van der Waals surface area (Å²) in [5.41, 5.74) is 3.05. The van der Waals surface area contributed by atoms with E-state index < -0.39 is 0 Å². The molecule has 3 aromatic rings. The number of rotatable bonds is 4. The monoisotopic (exact) mass is 386 g/mol. The number of hydrogen-bond donors (Lipinski definition) is 1. The Morgan fingerprint density at radius 1 is 0.966 bits per heavy atom. The Labute approximate surface area is 171 Å². The van der Waals surface area contributed by atoms with Gasteiger partial charge in [-0.2, -0.15) is 0 Å². The number of carbonyl (C=O) groups excluding carboxylic acids is 2. The SMILES string of the molecule is Cc1cccc(CNC(=O)C2CCN(C(=O)c3cccc4ccccc34)CC2)c1. The van der Waals surface area contributed by atoms with Crippen molar-refractivity contribution in [3.05, 3.63) is 83.4 Å². The Hall–Kier alpha value is -3.14. The summed E-state index contributed by atoms with van der Waals surface area (Å²) >= 11 is 0. The van der Waals surface area contributed by atoms with Crippen LogP contribution in [0.4, 0.5) is 0 Å². The minimum absolute atomic E-state index is 0.0311. The summed E-state index contributed by atoms with van der Waals surface area (Å²) in [6.07, 6.45) is 1.41. The summed E-state index contributed by atoms with van der Waals surface area (Å²) in [5, 5.41) is 5.11. The largest absolute Gasteiger partial charge is 0.352 e. The van der Waals surface area contributed by atoms with E-state index in [1.54, 1.807) is 0 Å². The number of nitrogens with one attached hydrogen (secondary N) is 1. The quantitative estimate of drug-likeness (QED) is 0.726. The van der Waals surface area contributed by atoms with Gasteiger partial charge in [0.25, 0.3) is 5.91 Å². The standard InChI is InChI=1S/C25H26N2O2/c1-18-6-4-7-19(16-18)17-26-24(28)21-12-14-27(15-13-21)25(29)23-11-5-9-20-8-2-3-10-22(20)23/h2-11,16,21H,12-15,17H2,1H3,(H,26,28). The van der Waals surface area contributed by atoms with Crippen molar-refractivity contribution in [1.29, 1.82) is 0 Å². The Bertz CT molecular complexity index is 1030. The molecular weight excluding hydrogens is 360 g/mol. The molecule has 0 atom stereocenters. The molecule has 0 aromatic heterocycles. The fourth-order valence-electron chi connectivity index (χ4n) is 4.08. The number of aryl methyl sites for hydroxylation is 1. The van der Waals surface area contributed by atoms with Crippen molar-refractivity contribution in [3.63, 3.8) is 0 Å². The van der Waals surface area contributed by atoms with Gasteiger partial charge in [-0.25, -0.2) is 0 Å². The number of nitrogens with zero attached hydrogens (tertiary/aromatic N) is 1. The smallest absolute Gasteiger partial charge is 0.254 e. The van der Waals surface area contributed by atoms with Crippen LogP contribution in [0.15, 0.2) is 66.7 Å². The third-order valence-electron chi connectivity index (χ3n) is 5.72. The van der Waals surface area contributed by atoms with E-state index in [9.17, 15) is 9.59 Å². The molecule has 0 bridgehead atoms. The van der Waals surface area contributed by atoms with Gasteiger partial charge in [0, 0.05) is 31.1 Å².